The fourth-order valence-electron chi connectivity index (χ4n) is 2.82. The Bertz CT molecular complexity index is 693. The van der Waals surface area contributed by atoms with Gasteiger partial charge in [0.05, 0.1) is 0 Å². The Hall–Kier alpha value is -2.56. The van der Waals surface area contributed by atoms with E-state index < -0.39 is 11.6 Å². The highest BCUT2D eigenvalue weighted by molar-refractivity contribution is 5.37. The van der Waals surface area contributed by atoms with E-state index in [9.17, 15) is 5.11 Å². The number of hydrogen-bond donors (Lipinski definition) is 2. The van der Waals surface area contributed by atoms with Gasteiger partial charge in [-0.05, 0) is 47.4 Å². The lowest BCUT2D eigenvalue weighted by Gasteiger charge is -2.35. The summed E-state index contributed by atoms with van der Waals surface area (Å²) in [5.74, 6) is 0. The Balaban J connectivity index is 2.02. The summed E-state index contributed by atoms with van der Waals surface area (Å²) in [5, 5.41) is 11.5. The molecule has 0 radical (unpaired) electrons. The molecule has 116 valence electrons. The van der Waals surface area contributed by atoms with Gasteiger partial charge >= 0.3 is 0 Å². The number of pyridine rings is 2. The first kappa shape index (κ1) is 15.3. The molecule has 3 aromatic rings. The predicted molar refractivity (Wildman–Crippen MR) is 89.6 cm³/mol. The Kier molecular flexibility index (Phi) is 4.46. The number of aromatic nitrogens is 2. The summed E-state index contributed by atoms with van der Waals surface area (Å²) >= 11 is 0. The van der Waals surface area contributed by atoms with Crippen LogP contribution in [0.3, 0.4) is 0 Å². The number of rotatable bonds is 5. The zero-order valence-corrected chi connectivity index (χ0v) is 12.7. The Morgan fingerprint density at radius 1 is 0.826 bits per heavy atom. The van der Waals surface area contributed by atoms with E-state index in [1.807, 2.05) is 30.3 Å². The van der Waals surface area contributed by atoms with Crippen LogP contribution in [0.5, 0.6) is 0 Å². The van der Waals surface area contributed by atoms with Gasteiger partial charge in [0, 0.05) is 30.8 Å². The molecule has 0 spiro atoms. The molecule has 0 aliphatic rings. The fourth-order valence-corrected chi connectivity index (χ4v) is 2.82. The Morgan fingerprint density at radius 3 is 1.78 bits per heavy atom. The van der Waals surface area contributed by atoms with E-state index in [0.717, 1.165) is 16.7 Å². The zero-order chi connectivity index (χ0) is 16.1. The summed E-state index contributed by atoms with van der Waals surface area (Å²) in [4.78, 5) is 8.06. The average Bonchev–Trinajstić information content (AvgIpc) is 2.63. The van der Waals surface area contributed by atoms with Gasteiger partial charge in [-0.25, -0.2) is 0 Å². The zero-order valence-electron chi connectivity index (χ0n) is 12.7. The van der Waals surface area contributed by atoms with Crippen molar-refractivity contribution in [3.8, 4) is 0 Å². The molecule has 2 heterocycles. The third-order valence-corrected chi connectivity index (χ3v) is 4.08. The minimum atomic E-state index is -1.30. The molecule has 0 aliphatic heterocycles. The van der Waals surface area contributed by atoms with Crippen molar-refractivity contribution in [2.75, 3.05) is 0 Å². The van der Waals surface area contributed by atoms with E-state index in [1.165, 1.54) is 0 Å². The Morgan fingerprint density at radius 2 is 1.30 bits per heavy atom. The van der Waals surface area contributed by atoms with Crippen molar-refractivity contribution in [3.63, 3.8) is 0 Å². The largest absolute Gasteiger partial charge is 0.379 e. The van der Waals surface area contributed by atoms with Crippen molar-refractivity contribution in [1.82, 2.24) is 9.97 Å². The second kappa shape index (κ2) is 6.69. The summed E-state index contributed by atoms with van der Waals surface area (Å²) in [7, 11) is 0. The molecule has 4 heteroatoms. The second-order valence-corrected chi connectivity index (χ2v) is 5.53. The van der Waals surface area contributed by atoms with Gasteiger partial charge in [-0.2, -0.15) is 0 Å². The molecule has 0 fully saturated rings. The molecular formula is C19H19N3O. The molecule has 1 atom stereocenters. The molecule has 3 N–H and O–H groups in total. The highest BCUT2D eigenvalue weighted by Crippen LogP contribution is 2.33. The summed E-state index contributed by atoms with van der Waals surface area (Å²) < 4.78 is 0. The van der Waals surface area contributed by atoms with E-state index in [4.69, 9.17) is 5.73 Å². The maximum atomic E-state index is 11.5. The van der Waals surface area contributed by atoms with Crippen molar-refractivity contribution in [2.45, 2.75) is 18.1 Å². The first-order valence-corrected chi connectivity index (χ1v) is 7.54. The number of benzene rings is 1. The van der Waals surface area contributed by atoms with Crippen molar-refractivity contribution in [1.29, 1.82) is 0 Å². The molecule has 4 nitrogen and oxygen atoms in total. The third-order valence-electron chi connectivity index (χ3n) is 4.08. The third kappa shape index (κ3) is 3.13. The van der Waals surface area contributed by atoms with Crippen LogP contribution in [0.4, 0.5) is 0 Å². The summed E-state index contributed by atoms with van der Waals surface area (Å²) in [6, 6.07) is 16.6. The lowest BCUT2D eigenvalue weighted by molar-refractivity contribution is 0.0515. The van der Waals surface area contributed by atoms with Crippen LogP contribution >= 0.6 is 0 Å². The molecule has 0 amide bonds. The maximum absolute atomic E-state index is 11.5. The molecule has 1 aromatic carbocycles. The molecule has 0 aliphatic carbocycles. The number of aliphatic hydroxyl groups is 1. The summed E-state index contributed by atoms with van der Waals surface area (Å²) in [6.07, 6.45) is 7.21. The highest BCUT2D eigenvalue weighted by atomic mass is 16.3. The number of nitrogens with two attached hydrogens (primary N) is 1. The summed E-state index contributed by atoms with van der Waals surface area (Å²) in [6.45, 7) is 0. The van der Waals surface area contributed by atoms with Crippen LogP contribution in [0.25, 0.3) is 0 Å². The number of nitrogens with zero attached hydrogens (tertiary/aromatic N) is 2. The minimum Gasteiger partial charge on any atom is -0.379 e. The SMILES string of the molecule is NC(Cc1ccccc1)C(O)(c1ccncc1)c1ccncc1. The van der Waals surface area contributed by atoms with Gasteiger partial charge < -0.3 is 10.8 Å². The van der Waals surface area contributed by atoms with E-state index in [-0.39, 0.29) is 0 Å². The van der Waals surface area contributed by atoms with Crippen molar-refractivity contribution < 1.29 is 5.11 Å². The Labute approximate surface area is 135 Å². The van der Waals surface area contributed by atoms with Gasteiger partial charge in [0.15, 0.2) is 0 Å². The predicted octanol–water partition coefficient (Wildman–Crippen LogP) is 2.28. The van der Waals surface area contributed by atoms with Crippen molar-refractivity contribution in [2.24, 2.45) is 5.73 Å². The average molecular weight is 305 g/mol. The molecule has 23 heavy (non-hydrogen) atoms. The smallest absolute Gasteiger partial charge is 0.130 e. The number of hydrogen-bond acceptors (Lipinski definition) is 4. The lowest BCUT2D eigenvalue weighted by atomic mass is 9.79. The van der Waals surface area contributed by atoms with Gasteiger partial charge in [-0.15, -0.1) is 0 Å². The van der Waals surface area contributed by atoms with Crippen LogP contribution < -0.4 is 5.73 Å². The van der Waals surface area contributed by atoms with Crippen LogP contribution in [0, 0.1) is 0 Å². The molecule has 0 saturated carbocycles. The molecule has 2 aromatic heterocycles. The monoisotopic (exact) mass is 305 g/mol. The van der Waals surface area contributed by atoms with E-state index in [2.05, 4.69) is 9.97 Å². The van der Waals surface area contributed by atoms with Crippen molar-refractivity contribution in [3.05, 3.63) is 96.1 Å². The quantitative estimate of drug-likeness (QED) is 0.758. The van der Waals surface area contributed by atoms with Crippen LogP contribution in [0.2, 0.25) is 0 Å². The lowest BCUT2D eigenvalue weighted by Crippen LogP contribution is -2.47. The highest BCUT2D eigenvalue weighted by Gasteiger charge is 2.38. The standard InChI is InChI=1S/C19H19N3O/c20-18(14-15-4-2-1-3-5-15)19(23,16-6-10-21-11-7-16)17-8-12-22-13-9-17/h1-13,18,23H,14,20H2. The normalized spacial score (nSPS) is 12.8. The molecule has 0 saturated heterocycles. The van der Waals surface area contributed by atoms with Gasteiger partial charge in [0.2, 0.25) is 0 Å². The second-order valence-electron chi connectivity index (χ2n) is 5.53. The van der Waals surface area contributed by atoms with Gasteiger partial charge in [-0.3, -0.25) is 9.97 Å². The molecule has 3 rings (SSSR count). The van der Waals surface area contributed by atoms with Gasteiger partial charge in [-0.1, -0.05) is 30.3 Å². The van der Waals surface area contributed by atoms with Crippen LogP contribution in [0.15, 0.2) is 79.4 Å². The fraction of sp³-hybridized carbons (Fsp3) is 0.158. The molecule has 0 bridgehead atoms. The summed E-state index contributed by atoms with van der Waals surface area (Å²) in [5.41, 5.74) is 7.69. The van der Waals surface area contributed by atoms with E-state index in [0.29, 0.717) is 6.42 Å². The first-order chi connectivity index (χ1) is 11.2. The molecular weight excluding hydrogens is 286 g/mol. The maximum Gasteiger partial charge on any atom is 0.130 e. The van der Waals surface area contributed by atoms with Crippen LogP contribution in [0.1, 0.15) is 16.7 Å². The van der Waals surface area contributed by atoms with E-state index in [1.54, 1.807) is 49.1 Å². The minimum absolute atomic E-state index is 0.505. The van der Waals surface area contributed by atoms with E-state index >= 15 is 0 Å². The first-order valence-electron chi connectivity index (χ1n) is 7.54. The van der Waals surface area contributed by atoms with Crippen LogP contribution in [-0.2, 0) is 12.0 Å². The van der Waals surface area contributed by atoms with Crippen LogP contribution in [-0.4, -0.2) is 21.1 Å². The topological polar surface area (TPSA) is 72.0 Å². The van der Waals surface area contributed by atoms with Crippen molar-refractivity contribution >= 4 is 0 Å². The van der Waals surface area contributed by atoms with Gasteiger partial charge in [0.1, 0.15) is 5.60 Å². The van der Waals surface area contributed by atoms with Gasteiger partial charge in [0.25, 0.3) is 0 Å². The molecule has 1 unspecified atom stereocenters.